The number of ether oxygens (including phenoxy) is 3. The molecule has 0 fully saturated rings. The van der Waals surface area contributed by atoms with E-state index < -0.39 is 6.10 Å². The lowest BCUT2D eigenvalue weighted by atomic mass is 10.2. The maximum absolute atomic E-state index is 9.64. The van der Waals surface area contributed by atoms with Crippen LogP contribution in [0.2, 0.25) is 0 Å². The molecule has 0 unspecified atom stereocenters. The molecule has 1 atom stereocenters. The topological polar surface area (TPSA) is 64.5 Å². The van der Waals surface area contributed by atoms with Gasteiger partial charge in [-0.3, -0.25) is 0 Å². The fourth-order valence-electron chi connectivity index (χ4n) is 1.71. The Morgan fingerprint density at radius 2 is 1.95 bits per heavy atom. The van der Waals surface area contributed by atoms with Crippen molar-refractivity contribution in [2.45, 2.75) is 19.6 Å². The summed E-state index contributed by atoms with van der Waals surface area (Å²) in [5, 5.41) is 11.7. The van der Waals surface area contributed by atoms with Crippen molar-refractivity contribution in [3.63, 3.8) is 0 Å². The van der Waals surface area contributed by atoms with Crippen molar-refractivity contribution in [3.8, 4) is 11.5 Å². The van der Waals surface area contributed by atoms with Crippen molar-refractivity contribution >= 4 is 0 Å². The summed E-state index contributed by atoms with van der Waals surface area (Å²) in [5.41, 5.74) is 0.990. The predicted molar refractivity (Wildman–Crippen MR) is 72.5 cm³/mol. The third kappa shape index (κ3) is 5.46. The van der Waals surface area contributed by atoms with Gasteiger partial charge in [0.15, 0.2) is 11.5 Å². The molecule has 0 heterocycles. The highest BCUT2D eigenvalue weighted by atomic mass is 16.5. The highest BCUT2D eigenvalue weighted by molar-refractivity contribution is 5.42. The van der Waals surface area contributed by atoms with Crippen molar-refractivity contribution in [2.24, 2.45) is 0 Å². The van der Waals surface area contributed by atoms with Crippen LogP contribution in [0.3, 0.4) is 0 Å². The van der Waals surface area contributed by atoms with Gasteiger partial charge in [0.1, 0.15) is 12.6 Å². The minimum Gasteiger partial charge on any atom is -0.493 e. The number of benzene rings is 1. The molecule has 1 rings (SSSR count). The second kappa shape index (κ2) is 8.74. The fraction of sp³-hybridized carbons (Fsp3) is 0.571. The van der Waals surface area contributed by atoms with Gasteiger partial charge in [-0.05, 0) is 24.6 Å². The van der Waals surface area contributed by atoms with Gasteiger partial charge in [0, 0.05) is 0 Å². The molecule has 0 aliphatic heterocycles. The van der Waals surface area contributed by atoms with E-state index in [0.717, 1.165) is 12.1 Å². The molecule has 0 aliphatic rings. The normalized spacial score (nSPS) is 12.2. The van der Waals surface area contributed by atoms with E-state index in [-0.39, 0.29) is 0 Å². The largest absolute Gasteiger partial charge is 0.493 e. The smallest absolute Gasteiger partial charge is 0.161 e. The molecular weight excluding hydrogens is 246 g/mol. The molecule has 0 aliphatic carbocycles. The minimum atomic E-state index is -0.430. The average molecular weight is 270 g/mol. The SMILES string of the molecule is CC[NH2+]C[C@@H](O)COCc1ccc(OC)c(OC)c1. The van der Waals surface area contributed by atoms with Crippen molar-refractivity contribution < 1.29 is 24.6 Å². The molecule has 19 heavy (non-hydrogen) atoms. The van der Waals surface area contributed by atoms with Gasteiger partial charge in [0.05, 0.1) is 34.0 Å². The molecule has 0 aromatic heterocycles. The van der Waals surface area contributed by atoms with Crippen LogP contribution in [0.25, 0.3) is 0 Å². The molecule has 0 bridgehead atoms. The van der Waals surface area contributed by atoms with Crippen LogP contribution in [0.15, 0.2) is 18.2 Å². The van der Waals surface area contributed by atoms with E-state index in [9.17, 15) is 5.11 Å². The zero-order valence-electron chi connectivity index (χ0n) is 11.9. The monoisotopic (exact) mass is 270 g/mol. The Labute approximate surface area is 114 Å². The van der Waals surface area contributed by atoms with Crippen molar-refractivity contribution in [1.82, 2.24) is 0 Å². The molecule has 0 amide bonds. The Balaban J connectivity index is 2.41. The Kier molecular flexibility index (Phi) is 7.25. The van der Waals surface area contributed by atoms with Gasteiger partial charge in [0.25, 0.3) is 0 Å². The summed E-state index contributed by atoms with van der Waals surface area (Å²) < 4.78 is 15.9. The summed E-state index contributed by atoms with van der Waals surface area (Å²) in [7, 11) is 3.21. The van der Waals surface area contributed by atoms with Crippen molar-refractivity contribution in [2.75, 3.05) is 33.9 Å². The van der Waals surface area contributed by atoms with Crippen LogP contribution in [-0.2, 0) is 11.3 Å². The highest BCUT2D eigenvalue weighted by Gasteiger charge is 2.07. The van der Waals surface area contributed by atoms with Crippen LogP contribution in [0.5, 0.6) is 11.5 Å². The lowest BCUT2D eigenvalue weighted by molar-refractivity contribution is -0.658. The Morgan fingerprint density at radius 3 is 2.58 bits per heavy atom. The Hall–Kier alpha value is -1.30. The number of hydrogen-bond donors (Lipinski definition) is 2. The van der Waals surface area contributed by atoms with E-state index in [2.05, 4.69) is 6.92 Å². The number of quaternary nitrogens is 1. The molecular formula is C14H24NO4+. The average Bonchev–Trinajstić information content (AvgIpc) is 2.44. The van der Waals surface area contributed by atoms with Crippen LogP contribution >= 0.6 is 0 Å². The summed E-state index contributed by atoms with van der Waals surface area (Å²) in [6.45, 7) is 4.47. The van der Waals surface area contributed by atoms with Gasteiger partial charge in [-0.2, -0.15) is 0 Å². The summed E-state index contributed by atoms with van der Waals surface area (Å²) in [4.78, 5) is 0. The van der Waals surface area contributed by atoms with Gasteiger partial charge >= 0.3 is 0 Å². The second-order valence-electron chi connectivity index (χ2n) is 4.29. The molecule has 3 N–H and O–H groups in total. The van der Waals surface area contributed by atoms with Gasteiger partial charge in [-0.1, -0.05) is 6.07 Å². The van der Waals surface area contributed by atoms with E-state index in [1.165, 1.54) is 0 Å². The first-order valence-corrected chi connectivity index (χ1v) is 6.49. The standard InChI is InChI=1S/C14H23NO4/c1-4-15-8-12(16)10-19-9-11-5-6-13(17-2)14(7-11)18-3/h5-7,12,15-16H,4,8-10H2,1-3H3/p+1/t12-/m1/s1. The first-order chi connectivity index (χ1) is 9.21. The van der Waals surface area contributed by atoms with E-state index >= 15 is 0 Å². The predicted octanol–water partition coefficient (Wildman–Crippen LogP) is 0.165. The third-order valence-electron chi connectivity index (χ3n) is 2.75. The Bertz CT molecular complexity index is 370. The molecule has 1 aromatic rings. The summed E-state index contributed by atoms with van der Waals surface area (Å²) in [6.07, 6.45) is -0.430. The van der Waals surface area contributed by atoms with Crippen LogP contribution in [0.4, 0.5) is 0 Å². The van der Waals surface area contributed by atoms with Gasteiger partial charge in [-0.15, -0.1) is 0 Å². The first kappa shape index (κ1) is 15.8. The summed E-state index contributed by atoms with van der Waals surface area (Å²) in [5.74, 6) is 1.38. The second-order valence-corrected chi connectivity index (χ2v) is 4.29. The zero-order valence-corrected chi connectivity index (χ0v) is 11.9. The molecule has 5 nitrogen and oxygen atoms in total. The molecule has 0 saturated heterocycles. The number of hydrogen-bond acceptors (Lipinski definition) is 4. The van der Waals surface area contributed by atoms with Gasteiger partial charge in [-0.25, -0.2) is 0 Å². The molecule has 0 spiro atoms. The highest BCUT2D eigenvalue weighted by Crippen LogP contribution is 2.27. The number of likely N-dealkylation sites (N-methyl/N-ethyl adjacent to an activating group) is 1. The summed E-state index contributed by atoms with van der Waals surface area (Å²) in [6, 6.07) is 5.65. The van der Waals surface area contributed by atoms with E-state index in [1.54, 1.807) is 14.2 Å². The number of aliphatic hydroxyl groups excluding tert-OH is 1. The molecule has 1 aromatic carbocycles. The van der Waals surface area contributed by atoms with Crippen molar-refractivity contribution in [1.29, 1.82) is 0 Å². The molecule has 5 heteroatoms. The van der Waals surface area contributed by atoms with Crippen LogP contribution < -0.4 is 14.8 Å². The lowest BCUT2D eigenvalue weighted by Crippen LogP contribution is -2.86. The van der Waals surface area contributed by atoms with Crippen LogP contribution in [-0.4, -0.2) is 45.1 Å². The summed E-state index contributed by atoms with van der Waals surface area (Å²) >= 11 is 0. The van der Waals surface area contributed by atoms with E-state index in [4.69, 9.17) is 14.2 Å². The van der Waals surface area contributed by atoms with Gasteiger partial charge < -0.3 is 24.6 Å². The maximum atomic E-state index is 9.64. The zero-order chi connectivity index (χ0) is 14.1. The van der Waals surface area contributed by atoms with Gasteiger partial charge in [0.2, 0.25) is 0 Å². The number of nitrogens with two attached hydrogens (primary N) is 1. The third-order valence-corrected chi connectivity index (χ3v) is 2.75. The quantitative estimate of drug-likeness (QED) is 0.671. The fourth-order valence-corrected chi connectivity index (χ4v) is 1.71. The lowest BCUT2D eigenvalue weighted by Gasteiger charge is -2.12. The maximum Gasteiger partial charge on any atom is 0.161 e. The van der Waals surface area contributed by atoms with E-state index in [1.807, 2.05) is 23.5 Å². The van der Waals surface area contributed by atoms with Crippen LogP contribution in [0, 0.1) is 0 Å². The minimum absolute atomic E-state index is 0.338. The number of methoxy groups -OCH3 is 2. The number of aliphatic hydroxyl groups is 1. The van der Waals surface area contributed by atoms with Crippen LogP contribution in [0.1, 0.15) is 12.5 Å². The number of rotatable bonds is 9. The Morgan fingerprint density at radius 1 is 1.21 bits per heavy atom. The van der Waals surface area contributed by atoms with E-state index in [0.29, 0.717) is 31.3 Å². The molecule has 108 valence electrons. The first-order valence-electron chi connectivity index (χ1n) is 6.49. The molecule has 0 radical (unpaired) electrons. The molecule has 0 saturated carbocycles. The van der Waals surface area contributed by atoms with Crippen molar-refractivity contribution in [3.05, 3.63) is 23.8 Å².